The van der Waals surface area contributed by atoms with Crippen molar-refractivity contribution in [1.29, 1.82) is 0 Å². The van der Waals surface area contributed by atoms with Gasteiger partial charge in [-0.05, 0) is 60.9 Å². The fourth-order valence-corrected chi connectivity index (χ4v) is 3.61. The Bertz CT molecular complexity index is 804. The predicted octanol–water partition coefficient (Wildman–Crippen LogP) is 3.30. The number of rotatable bonds is 7. The molecule has 2 rings (SSSR count). The minimum absolute atomic E-state index is 0.245. The van der Waals surface area contributed by atoms with Crippen LogP contribution >= 0.6 is 15.9 Å². The van der Waals surface area contributed by atoms with Crippen LogP contribution in [-0.4, -0.2) is 29.2 Å². The van der Waals surface area contributed by atoms with Gasteiger partial charge in [0.05, 0.1) is 19.1 Å². The molecular weight excluding hydrogens is 394 g/mol. The van der Waals surface area contributed by atoms with Crippen LogP contribution in [0.3, 0.4) is 0 Å². The molecule has 0 saturated heterocycles. The third kappa shape index (κ3) is 4.49. The largest absolute Gasteiger partial charge is 0.493 e. The molecule has 2 aromatic carbocycles. The lowest BCUT2D eigenvalue weighted by atomic mass is 10.0. The summed E-state index contributed by atoms with van der Waals surface area (Å²) in [6, 6.07) is 10.3. The van der Waals surface area contributed by atoms with Gasteiger partial charge in [-0.15, -0.1) is 0 Å². The summed E-state index contributed by atoms with van der Waals surface area (Å²) in [5.74, 6) is 1.29. The van der Waals surface area contributed by atoms with Crippen LogP contribution in [0.25, 0.3) is 0 Å². The quantitative estimate of drug-likeness (QED) is 0.755. The van der Waals surface area contributed by atoms with Crippen molar-refractivity contribution in [3.63, 3.8) is 0 Å². The summed E-state index contributed by atoms with van der Waals surface area (Å²) in [6.45, 7) is 2.26. The second kappa shape index (κ2) is 8.00. The third-order valence-electron chi connectivity index (χ3n) is 3.65. The van der Waals surface area contributed by atoms with Crippen LogP contribution in [0.4, 0.5) is 0 Å². The van der Waals surface area contributed by atoms with Crippen molar-refractivity contribution >= 4 is 26.0 Å². The lowest BCUT2D eigenvalue weighted by molar-refractivity contribution is 0.354. The molecule has 0 spiro atoms. The van der Waals surface area contributed by atoms with Crippen molar-refractivity contribution in [2.75, 3.05) is 20.8 Å². The normalized spacial score (nSPS) is 11.3. The molecule has 0 radical (unpaired) electrons. The number of benzene rings is 2. The topological polar surface area (TPSA) is 64.6 Å². The number of hydrogen-bond acceptors (Lipinski definition) is 4. The molecule has 2 aromatic rings. The average molecular weight is 414 g/mol. The lowest BCUT2D eigenvalue weighted by Crippen LogP contribution is -2.26. The summed E-state index contributed by atoms with van der Waals surface area (Å²) in [5, 5.41) is 0. The molecule has 0 amide bonds. The highest BCUT2D eigenvalue weighted by Gasteiger charge is 2.14. The van der Waals surface area contributed by atoms with E-state index in [1.807, 2.05) is 19.1 Å². The Morgan fingerprint density at radius 2 is 1.62 bits per heavy atom. The Balaban J connectivity index is 2.07. The van der Waals surface area contributed by atoms with Gasteiger partial charge in [-0.1, -0.05) is 15.9 Å². The minimum Gasteiger partial charge on any atom is -0.493 e. The van der Waals surface area contributed by atoms with Gasteiger partial charge in [-0.25, -0.2) is 13.1 Å². The zero-order chi connectivity index (χ0) is 17.7. The number of sulfonamides is 1. The molecule has 5 nitrogen and oxygen atoms in total. The highest BCUT2D eigenvalue weighted by atomic mass is 79.9. The van der Waals surface area contributed by atoms with Crippen LogP contribution in [0.5, 0.6) is 11.5 Å². The summed E-state index contributed by atoms with van der Waals surface area (Å²) in [7, 11) is -0.352. The molecule has 0 unspecified atom stereocenters. The van der Waals surface area contributed by atoms with Crippen LogP contribution in [0.1, 0.15) is 11.1 Å². The molecule has 0 fully saturated rings. The van der Waals surface area contributed by atoms with E-state index in [2.05, 4.69) is 20.7 Å². The minimum atomic E-state index is -3.52. The lowest BCUT2D eigenvalue weighted by Gasteiger charge is -2.13. The predicted molar refractivity (Wildman–Crippen MR) is 97.3 cm³/mol. The van der Waals surface area contributed by atoms with Gasteiger partial charge in [-0.2, -0.15) is 0 Å². The van der Waals surface area contributed by atoms with Gasteiger partial charge in [0, 0.05) is 11.0 Å². The molecule has 0 aliphatic carbocycles. The maximum Gasteiger partial charge on any atom is 0.240 e. The standard InChI is InChI=1S/C17H20BrNO4S/c1-12-10-16(22-2)17(23-3)11-13(12)8-9-19-24(20,21)15-6-4-14(18)5-7-15/h4-7,10-11,19H,8-9H2,1-3H3. The maximum atomic E-state index is 12.3. The van der Waals surface area contributed by atoms with Crippen molar-refractivity contribution in [2.45, 2.75) is 18.2 Å². The Labute approximate surface area is 151 Å². The van der Waals surface area contributed by atoms with E-state index in [9.17, 15) is 8.42 Å². The molecule has 24 heavy (non-hydrogen) atoms. The van der Waals surface area contributed by atoms with Gasteiger partial charge in [0.25, 0.3) is 0 Å². The zero-order valence-corrected chi connectivity index (χ0v) is 16.2. The summed E-state index contributed by atoms with van der Waals surface area (Å²) >= 11 is 3.29. The van der Waals surface area contributed by atoms with E-state index in [-0.39, 0.29) is 4.90 Å². The number of halogens is 1. The van der Waals surface area contributed by atoms with Crippen LogP contribution in [-0.2, 0) is 16.4 Å². The van der Waals surface area contributed by atoms with Crippen LogP contribution in [0.2, 0.25) is 0 Å². The average Bonchev–Trinajstić information content (AvgIpc) is 2.56. The molecule has 1 N–H and O–H groups in total. The highest BCUT2D eigenvalue weighted by Crippen LogP contribution is 2.30. The van der Waals surface area contributed by atoms with E-state index in [4.69, 9.17) is 9.47 Å². The highest BCUT2D eigenvalue weighted by molar-refractivity contribution is 9.10. The smallest absolute Gasteiger partial charge is 0.240 e. The molecule has 0 atom stereocenters. The van der Waals surface area contributed by atoms with Gasteiger partial charge in [0.15, 0.2) is 11.5 Å². The molecule has 7 heteroatoms. The Morgan fingerprint density at radius 1 is 1.04 bits per heavy atom. The summed E-state index contributed by atoms with van der Waals surface area (Å²) < 4.78 is 38.5. The monoisotopic (exact) mass is 413 g/mol. The fraction of sp³-hybridized carbons (Fsp3) is 0.294. The van der Waals surface area contributed by atoms with E-state index in [0.29, 0.717) is 24.5 Å². The SMILES string of the molecule is COc1cc(C)c(CCNS(=O)(=O)c2ccc(Br)cc2)cc1OC. The third-order valence-corrected chi connectivity index (χ3v) is 5.66. The van der Waals surface area contributed by atoms with Gasteiger partial charge in [0.1, 0.15) is 0 Å². The Morgan fingerprint density at radius 3 is 2.21 bits per heavy atom. The molecule has 0 saturated carbocycles. The van der Waals surface area contributed by atoms with Crippen LogP contribution < -0.4 is 14.2 Å². The van der Waals surface area contributed by atoms with E-state index in [1.165, 1.54) is 0 Å². The number of ether oxygens (including phenoxy) is 2. The summed E-state index contributed by atoms with van der Waals surface area (Å²) in [6.07, 6.45) is 0.557. The molecule has 0 aliphatic rings. The molecule has 0 aliphatic heterocycles. The number of nitrogens with one attached hydrogen (secondary N) is 1. The second-order valence-corrected chi connectivity index (χ2v) is 7.92. The van der Waals surface area contributed by atoms with E-state index < -0.39 is 10.0 Å². The van der Waals surface area contributed by atoms with E-state index >= 15 is 0 Å². The van der Waals surface area contributed by atoms with Crippen LogP contribution in [0, 0.1) is 6.92 Å². The molecule has 0 bridgehead atoms. The van der Waals surface area contributed by atoms with E-state index in [0.717, 1.165) is 15.6 Å². The molecule has 0 aromatic heterocycles. The Kier molecular flexibility index (Phi) is 6.26. The fourth-order valence-electron chi connectivity index (χ4n) is 2.31. The molecule has 130 valence electrons. The van der Waals surface area contributed by atoms with Gasteiger partial charge < -0.3 is 9.47 Å². The second-order valence-electron chi connectivity index (χ2n) is 5.24. The number of aryl methyl sites for hydroxylation is 1. The van der Waals surface area contributed by atoms with Crippen molar-refractivity contribution in [3.8, 4) is 11.5 Å². The first-order chi connectivity index (χ1) is 11.4. The Hall–Kier alpha value is -1.57. The first-order valence-electron chi connectivity index (χ1n) is 7.34. The van der Waals surface area contributed by atoms with Crippen LogP contribution in [0.15, 0.2) is 45.8 Å². The van der Waals surface area contributed by atoms with Gasteiger partial charge >= 0.3 is 0 Å². The van der Waals surface area contributed by atoms with Crippen molar-refractivity contribution in [3.05, 3.63) is 52.0 Å². The van der Waals surface area contributed by atoms with E-state index in [1.54, 1.807) is 38.5 Å². The molecular formula is C17H20BrNO4S. The van der Waals surface area contributed by atoms with Gasteiger partial charge in [-0.3, -0.25) is 0 Å². The first kappa shape index (κ1) is 18.8. The summed E-state index contributed by atoms with van der Waals surface area (Å²) in [5.41, 5.74) is 2.03. The van der Waals surface area contributed by atoms with Crippen molar-refractivity contribution in [1.82, 2.24) is 4.72 Å². The number of methoxy groups -OCH3 is 2. The van der Waals surface area contributed by atoms with Crippen molar-refractivity contribution in [2.24, 2.45) is 0 Å². The summed E-state index contributed by atoms with van der Waals surface area (Å²) in [4.78, 5) is 0.245. The molecule has 0 heterocycles. The zero-order valence-electron chi connectivity index (χ0n) is 13.8. The maximum absolute atomic E-state index is 12.3. The van der Waals surface area contributed by atoms with Gasteiger partial charge in [0.2, 0.25) is 10.0 Å². The van der Waals surface area contributed by atoms with Crippen molar-refractivity contribution < 1.29 is 17.9 Å². The first-order valence-corrected chi connectivity index (χ1v) is 9.61. The number of hydrogen-bond donors (Lipinski definition) is 1.